The third-order valence-electron chi connectivity index (χ3n) is 4.82. The Morgan fingerprint density at radius 3 is 2.25 bits per heavy atom. The van der Waals surface area contributed by atoms with Gasteiger partial charge >= 0.3 is 0 Å². The van der Waals surface area contributed by atoms with Crippen LogP contribution in [0.4, 0.5) is 22.0 Å². The van der Waals surface area contributed by atoms with E-state index in [1.165, 1.54) is 18.2 Å². The number of carbonyl (C=O) groups is 1. The fraction of sp³-hybridized carbons (Fsp3) is 0.0870. The molecule has 0 aliphatic carbocycles. The Hall–Kier alpha value is -3.39. The average molecular weight is 467 g/mol. The minimum Gasteiger partial charge on any atom is -0.489 e. The molecular formula is C23H12ClF5O3. The topological polar surface area (TPSA) is 35.5 Å². The smallest absolute Gasteiger partial charge is 0.232 e. The van der Waals surface area contributed by atoms with Gasteiger partial charge < -0.3 is 9.47 Å². The summed E-state index contributed by atoms with van der Waals surface area (Å²) >= 11 is 6.11. The van der Waals surface area contributed by atoms with Gasteiger partial charge in [0.1, 0.15) is 18.1 Å². The van der Waals surface area contributed by atoms with Crippen LogP contribution in [0.3, 0.4) is 0 Å². The molecule has 0 saturated heterocycles. The second-order valence-electron chi connectivity index (χ2n) is 6.91. The number of carbonyl (C=O) groups excluding carboxylic acids is 1. The van der Waals surface area contributed by atoms with Gasteiger partial charge in [-0.25, -0.2) is 22.0 Å². The lowest BCUT2D eigenvalue weighted by Crippen LogP contribution is -2.10. The first-order chi connectivity index (χ1) is 15.2. The van der Waals surface area contributed by atoms with E-state index < -0.39 is 47.0 Å². The van der Waals surface area contributed by atoms with Crippen molar-refractivity contribution >= 4 is 23.5 Å². The molecule has 9 heteroatoms. The van der Waals surface area contributed by atoms with E-state index in [-0.39, 0.29) is 22.8 Å². The minimum atomic E-state index is -2.25. The van der Waals surface area contributed by atoms with Crippen LogP contribution < -0.4 is 9.47 Å². The fourth-order valence-electron chi connectivity index (χ4n) is 3.23. The molecule has 3 nitrogen and oxygen atoms in total. The molecule has 0 fully saturated rings. The molecule has 164 valence electrons. The molecule has 0 amide bonds. The van der Waals surface area contributed by atoms with Crippen molar-refractivity contribution in [2.45, 2.75) is 13.5 Å². The molecule has 0 spiro atoms. The second-order valence-corrected chi connectivity index (χ2v) is 7.32. The first kappa shape index (κ1) is 21.8. The highest BCUT2D eigenvalue weighted by atomic mass is 35.5. The molecule has 0 saturated carbocycles. The lowest BCUT2D eigenvalue weighted by Gasteiger charge is -2.11. The second kappa shape index (κ2) is 8.27. The third-order valence-corrected chi connectivity index (χ3v) is 5.16. The van der Waals surface area contributed by atoms with Crippen LogP contribution in [0.1, 0.15) is 27.0 Å². The van der Waals surface area contributed by atoms with Crippen LogP contribution in [0.2, 0.25) is 5.02 Å². The van der Waals surface area contributed by atoms with E-state index in [9.17, 15) is 26.7 Å². The normalized spacial score (nSPS) is 14.0. The van der Waals surface area contributed by atoms with E-state index in [1.54, 1.807) is 31.2 Å². The highest BCUT2D eigenvalue weighted by molar-refractivity contribution is 6.32. The number of rotatable bonds is 4. The van der Waals surface area contributed by atoms with Gasteiger partial charge in [0, 0.05) is 11.1 Å². The number of hydrogen-bond acceptors (Lipinski definition) is 3. The predicted octanol–water partition coefficient (Wildman–Crippen LogP) is 6.54. The van der Waals surface area contributed by atoms with Gasteiger partial charge in [0.05, 0.1) is 11.1 Å². The fourth-order valence-corrected chi connectivity index (χ4v) is 3.42. The Bertz CT molecular complexity index is 1270. The summed E-state index contributed by atoms with van der Waals surface area (Å²) in [6, 6.07) is 9.50. The number of allylic oxidation sites excluding steroid dienone is 1. The number of hydrogen-bond donors (Lipinski definition) is 0. The maximum Gasteiger partial charge on any atom is 0.232 e. The summed E-state index contributed by atoms with van der Waals surface area (Å²) in [6.07, 6.45) is 1.47. The SMILES string of the molecule is Cc1cc(OCc2c(F)c(F)c(F)c(F)c2F)cc2c1C(=O)/C(=C/c1ccccc1Cl)O2. The Balaban J connectivity index is 1.62. The summed E-state index contributed by atoms with van der Waals surface area (Å²) in [7, 11) is 0. The van der Waals surface area contributed by atoms with Gasteiger partial charge in [-0.15, -0.1) is 0 Å². The van der Waals surface area contributed by atoms with Crippen molar-refractivity contribution in [2.75, 3.05) is 0 Å². The predicted molar refractivity (Wildman–Crippen MR) is 106 cm³/mol. The van der Waals surface area contributed by atoms with Gasteiger partial charge in [-0.05, 0) is 36.3 Å². The number of fused-ring (bicyclic) bond motifs is 1. The molecule has 0 radical (unpaired) electrons. The molecule has 0 atom stereocenters. The summed E-state index contributed by atoms with van der Waals surface area (Å²) in [6.45, 7) is 0.657. The van der Waals surface area contributed by atoms with Crippen molar-refractivity contribution in [1.82, 2.24) is 0 Å². The molecule has 3 aromatic carbocycles. The Kier molecular flexibility index (Phi) is 5.64. The molecule has 3 aromatic rings. The van der Waals surface area contributed by atoms with E-state index >= 15 is 0 Å². The standard InChI is InChI=1S/C23H12ClF5O3/c1-10-6-12(31-9-13-18(25)20(27)22(29)21(28)19(13)26)8-15-17(10)23(30)16(32-15)7-11-4-2-3-5-14(11)24/h2-8H,9H2,1H3/b16-7-. The molecule has 0 N–H and O–H groups in total. The summed E-state index contributed by atoms with van der Waals surface area (Å²) in [5.74, 6) is -10.6. The summed E-state index contributed by atoms with van der Waals surface area (Å²) in [4.78, 5) is 12.7. The molecule has 0 aromatic heterocycles. The van der Waals surface area contributed by atoms with Crippen molar-refractivity contribution in [2.24, 2.45) is 0 Å². The van der Waals surface area contributed by atoms with Gasteiger partial charge in [-0.2, -0.15) is 0 Å². The zero-order valence-electron chi connectivity index (χ0n) is 16.2. The molecule has 1 heterocycles. The largest absolute Gasteiger partial charge is 0.489 e. The highest BCUT2D eigenvalue weighted by Gasteiger charge is 2.31. The van der Waals surface area contributed by atoms with Crippen LogP contribution in [-0.2, 0) is 6.61 Å². The molecule has 4 rings (SSSR count). The lowest BCUT2D eigenvalue weighted by molar-refractivity contribution is 0.101. The van der Waals surface area contributed by atoms with Crippen LogP contribution in [0.15, 0.2) is 42.2 Å². The first-order valence-corrected chi connectivity index (χ1v) is 9.53. The van der Waals surface area contributed by atoms with Crippen molar-refractivity contribution in [3.8, 4) is 11.5 Å². The number of benzene rings is 3. The zero-order chi connectivity index (χ0) is 23.2. The Morgan fingerprint density at radius 2 is 1.59 bits per heavy atom. The number of aryl methyl sites for hydroxylation is 1. The molecule has 0 unspecified atom stereocenters. The van der Waals surface area contributed by atoms with Crippen LogP contribution in [-0.4, -0.2) is 5.78 Å². The van der Waals surface area contributed by atoms with E-state index in [1.807, 2.05) is 0 Å². The monoisotopic (exact) mass is 466 g/mol. The zero-order valence-corrected chi connectivity index (χ0v) is 17.0. The average Bonchev–Trinajstić information content (AvgIpc) is 3.08. The van der Waals surface area contributed by atoms with Crippen molar-refractivity contribution < 1.29 is 36.2 Å². The van der Waals surface area contributed by atoms with Crippen molar-refractivity contribution in [3.63, 3.8) is 0 Å². The first-order valence-electron chi connectivity index (χ1n) is 9.15. The number of halogens is 6. The van der Waals surface area contributed by atoms with E-state index in [4.69, 9.17) is 21.1 Å². The summed E-state index contributed by atoms with van der Waals surface area (Å²) in [5.41, 5.74) is 0.135. The maximum atomic E-state index is 13.9. The quantitative estimate of drug-likeness (QED) is 0.189. The molecule has 32 heavy (non-hydrogen) atoms. The van der Waals surface area contributed by atoms with Crippen LogP contribution in [0, 0.1) is 36.0 Å². The summed E-state index contributed by atoms with van der Waals surface area (Å²) < 4.78 is 78.5. The Morgan fingerprint density at radius 1 is 0.969 bits per heavy atom. The highest BCUT2D eigenvalue weighted by Crippen LogP contribution is 2.38. The molecular weight excluding hydrogens is 455 g/mol. The summed E-state index contributed by atoms with van der Waals surface area (Å²) in [5, 5.41) is 0.413. The van der Waals surface area contributed by atoms with E-state index in [2.05, 4.69) is 0 Å². The van der Waals surface area contributed by atoms with E-state index in [0.717, 1.165) is 0 Å². The minimum absolute atomic E-state index is 0.00751. The number of ether oxygens (including phenoxy) is 2. The van der Waals surface area contributed by atoms with E-state index in [0.29, 0.717) is 16.1 Å². The lowest BCUT2D eigenvalue weighted by atomic mass is 10.0. The van der Waals surface area contributed by atoms with Gasteiger partial charge in [-0.1, -0.05) is 29.8 Å². The van der Waals surface area contributed by atoms with Crippen molar-refractivity contribution in [1.29, 1.82) is 0 Å². The van der Waals surface area contributed by atoms with Crippen molar-refractivity contribution in [3.05, 3.63) is 98.5 Å². The van der Waals surface area contributed by atoms with Gasteiger partial charge in [0.25, 0.3) is 0 Å². The van der Waals surface area contributed by atoms with Crippen LogP contribution in [0.25, 0.3) is 6.08 Å². The van der Waals surface area contributed by atoms with Gasteiger partial charge in [-0.3, -0.25) is 4.79 Å². The number of ketones is 1. The Labute approximate surface area is 183 Å². The molecule has 1 aliphatic rings. The van der Waals surface area contributed by atoms with Gasteiger partial charge in [0.2, 0.25) is 11.6 Å². The molecule has 0 bridgehead atoms. The maximum absolute atomic E-state index is 13.9. The van der Waals surface area contributed by atoms with Crippen LogP contribution >= 0.6 is 11.6 Å². The van der Waals surface area contributed by atoms with Gasteiger partial charge in [0.15, 0.2) is 29.0 Å². The third kappa shape index (κ3) is 3.71. The molecule has 1 aliphatic heterocycles. The number of Topliss-reactive ketones (excluding diaryl/α,β-unsaturated/α-hetero) is 1. The van der Waals surface area contributed by atoms with Crippen LogP contribution in [0.5, 0.6) is 11.5 Å².